The van der Waals surface area contributed by atoms with E-state index in [9.17, 15) is 0 Å². The molecule has 19 heavy (non-hydrogen) atoms. The summed E-state index contributed by atoms with van der Waals surface area (Å²) >= 11 is 0. The highest BCUT2D eigenvalue weighted by Crippen LogP contribution is 2.19. The number of hydrogen-bond donors (Lipinski definition) is 1. The van der Waals surface area contributed by atoms with Crippen LogP contribution in [0.2, 0.25) is 0 Å². The molecule has 0 radical (unpaired) electrons. The maximum atomic E-state index is 8.92. The predicted octanol–water partition coefficient (Wildman–Crippen LogP) is 3.08. The SMILES string of the molecule is CCOc1ccc(CCNCC(C)(C)C#N)cc1C. The van der Waals surface area contributed by atoms with Gasteiger partial charge >= 0.3 is 0 Å². The van der Waals surface area contributed by atoms with Gasteiger partial charge in [-0.05, 0) is 57.9 Å². The van der Waals surface area contributed by atoms with E-state index in [4.69, 9.17) is 10.00 Å². The summed E-state index contributed by atoms with van der Waals surface area (Å²) in [5.41, 5.74) is 2.18. The Morgan fingerprint density at radius 2 is 2.11 bits per heavy atom. The Balaban J connectivity index is 2.42. The molecule has 0 saturated carbocycles. The van der Waals surface area contributed by atoms with Crippen molar-refractivity contribution in [2.45, 2.75) is 34.1 Å². The van der Waals surface area contributed by atoms with Gasteiger partial charge in [0.1, 0.15) is 5.75 Å². The number of hydrogen-bond acceptors (Lipinski definition) is 3. The van der Waals surface area contributed by atoms with Crippen molar-refractivity contribution in [1.82, 2.24) is 5.32 Å². The molecule has 0 aliphatic carbocycles. The Bertz CT molecular complexity index is 447. The highest BCUT2D eigenvalue weighted by atomic mass is 16.5. The van der Waals surface area contributed by atoms with E-state index >= 15 is 0 Å². The van der Waals surface area contributed by atoms with Crippen LogP contribution in [-0.4, -0.2) is 19.7 Å². The minimum Gasteiger partial charge on any atom is -0.494 e. The summed E-state index contributed by atoms with van der Waals surface area (Å²) in [6, 6.07) is 8.60. The van der Waals surface area contributed by atoms with Gasteiger partial charge in [0.05, 0.1) is 18.1 Å². The largest absolute Gasteiger partial charge is 0.494 e. The normalized spacial score (nSPS) is 11.1. The quantitative estimate of drug-likeness (QED) is 0.766. The first-order chi connectivity index (χ1) is 8.98. The number of rotatable bonds is 7. The van der Waals surface area contributed by atoms with E-state index < -0.39 is 0 Å². The van der Waals surface area contributed by atoms with Gasteiger partial charge in [0, 0.05) is 6.54 Å². The van der Waals surface area contributed by atoms with Gasteiger partial charge in [-0.2, -0.15) is 5.26 Å². The van der Waals surface area contributed by atoms with Gasteiger partial charge in [0.2, 0.25) is 0 Å². The van der Waals surface area contributed by atoms with E-state index in [2.05, 4.69) is 30.4 Å². The molecule has 0 fully saturated rings. The third-order valence-electron chi connectivity index (χ3n) is 3.00. The lowest BCUT2D eigenvalue weighted by Gasteiger charge is -2.16. The fourth-order valence-corrected chi connectivity index (χ4v) is 1.86. The van der Waals surface area contributed by atoms with Crippen LogP contribution in [0.5, 0.6) is 5.75 Å². The van der Waals surface area contributed by atoms with Crippen molar-refractivity contribution in [3.05, 3.63) is 29.3 Å². The van der Waals surface area contributed by atoms with Gasteiger partial charge in [-0.1, -0.05) is 12.1 Å². The number of ether oxygens (including phenoxy) is 1. The van der Waals surface area contributed by atoms with Crippen LogP contribution in [0.4, 0.5) is 0 Å². The molecule has 0 heterocycles. The zero-order chi connectivity index (χ0) is 14.3. The van der Waals surface area contributed by atoms with E-state index in [1.54, 1.807) is 0 Å². The predicted molar refractivity (Wildman–Crippen MR) is 78.3 cm³/mol. The van der Waals surface area contributed by atoms with Gasteiger partial charge in [-0.3, -0.25) is 0 Å². The zero-order valence-electron chi connectivity index (χ0n) is 12.4. The van der Waals surface area contributed by atoms with Crippen molar-refractivity contribution in [3.63, 3.8) is 0 Å². The van der Waals surface area contributed by atoms with E-state index in [1.165, 1.54) is 11.1 Å². The number of nitriles is 1. The highest BCUT2D eigenvalue weighted by molar-refractivity contribution is 5.36. The topological polar surface area (TPSA) is 45.0 Å². The molecule has 0 amide bonds. The summed E-state index contributed by atoms with van der Waals surface area (Å²) in [6.07, 6.45) is 0.967. The van der Waals surface area contributed by atoms with E-state index in [0.717, 1.165) is 25.3 Å². The van der Waals surface area contributed by atoms with Gasteiger partial charge in [-0.25, -0.2) is 0 Å². The molecule has 3 heteroatoms. The lowest BCUT2D eigenvalue weighted by Crippen LogP contribution is -2.29. The van der Waals surface area contributed by atoms with E-state index in [0.29, 0.717) is 6.61 Å². The van der Waals surface area contributed by atoms with Crippen molar-refractivity contribution >= 4 is 0 Å². The third kappa shape index (κ3) is 5.32. The maximum Gasteiger partial charge on any atom is 0.122 e. The van der Waals surface area contributed by atoms with Crippen LogP contribution in [0.15, 0.2) is 18.2 Å². The summed E-state index contributed by atoms with van der Waals surface area (Å²) in [6.45, 7) is 10.3. The lowest BCUT2D eigenvalue weighted by molar-refractivity contribution is 0.338. The fraction of sp³-hybridized carbons (Fsp3) is 0.562. The van der Waals surface area contributed by atoms with E-state index in [1.807, 2.05) is 26.8 Å². The van der Waals surface area contributed by atoms with Crippen molar-refractivity contribution in [2.75, 3.05) is 19.7 Å². The Morgan fingerprint density at radius 3 is 2.68 bits per heavy atom. The average Bonchev–Trinajstić information content (AvgIpc) is 2.38. The smallest absolute Gasteiger partial charge is 0.122 e. The molecule has 104 valence electrons. The Morgan fingerprint density at radius 1 is 1.37 bits per heavy atom. The van der Waals surface area contributed by atoms with Gasteiger partial charge < -0.3 is 10.1 Å². The molecule has 1 rings (SSSR count). The van der Waals surface area contributed by atoms with Crippen LogP contribution in [0.3, 0.4) is 0 Å². The minimum absolute atomic E-state index is 0.297. The van der Waals surface area contributed by atoms with Gasteiger partial charge in [0.15, 0.2) is 0 Å². The van der Waals surface area contributed by atoms with Crippen LogP contribution >= 0.6 is 0 Å². The van der Waals surface area contributed by atoms with Crippen LogP contribution in [-0.2, 0) is 6.42 Å². The van der Waals surface area contributed by atoms with Crippen molar-refractivity contribution in [2.24, 2.45) is 5.41 Å². The molecule has 0 bridgehead atoms. The first-order valence-corrected chi connectivity index (χ1v) is 6.83. The van der Waals surface area contributed by atoms with Gasteiger partial charge in [-0.15, -0.1) is 0 Å². The molecule has 0 atom stereocenters. The second-order valence-electron chi connectivity index (χ2n) is 5.46. The van der Waals surface area contributed by atoms with Crippen LogP contribution < -0.4 is 10.1 Å². The number of aryl methyl sites for hydroxylation is 1. The molecule has 0 spiro atoms. The number of nitrogens with one attached hydrogen (secondary N) is 1. The molecule has 1 N–H and O–H groups in total. The molecule has 3 nitrogen and oxygen atoms in total. The maximum absolute atomic E-state index is 8.92. The number of benzene rings is 1. The van der Waals surface area contributed by atoms with Crippen molar-refractivity contribution in [1.29, 1.82) is 5.26 Å². The minimum atomic E-state index is -0.297. The van der Waals surface area contributed by atoms with Crippen LogP contribution in [0.25, 0.3) is 0 Å². The van der Waals surface area contributed by atoms with Crippen molar-refractivity contribution < 1.29 is 4.74 Å². The molecule has 0 aromatic heterocycles. The molecule has 1 aromatic rings. The summed E-state index contributed by atoms with van der Waals surface area (Å²) in [4.78, 5) is 0. The number of nitrogens with zero attached hydrogens (tertiary/aromatic N) is 1. The first-order valence-electron chi connectivity index (χ1n) is 6.83. The molecule has 1 aromatic carbocycles. The molecule has 0 saturated heterocycles. The molecule has 0 aliphatic heterocycles. The molecular weight excluding hydrogens is 236 g/mol. The summed E-state index contributed by atoms with van der Waals surface area (Å²) in [5, 5.41) is 12.3. The van der Waals surface area contributed by atoms with Crippen molar-refractivity contribution in [3.8, 4) is 11.8 Å². The van der Waals surface area contributed by atoms with Crippen LogP contribution in [0, 0.1) is 23.7 Å². The standard InChI is InChI=1S/C16H24N2O/c1-5-19-15-7-6-14(10-13(15)2)8-9-18-12-16(3,4)11-17/h6-7,10,18H,5,8-9,12H2,1-4H3. The zero-order valence-corrected chi connectivity index (χ0v) is 12.4. The average molecular weight is 260 g/mol. The summed E-state index contributed by atoms with van der Waals surface area (Å²) < 4.78 is 5.52. The Labute approximate surface area is 116 Å². The summed E-state index contributed by atoms with van der Waals surface area (Å²) in [5.74, 6) is 0.963. The Kier molecular flexibility index (Phi) is 5.85. The van der Waals surface area contributed by atoms with Crippen LogP contribution in [0.1, 0.15) is 31.9 Å². The second kappa shape index (κ2) is 7.16. The Hall–Kier alpha value is -1.53. The molecular formula is C16H24N2O. The third-order valence-corrected chi connectivity index (χ3v) is 3.00. The monoisotopic (exact) mass is 260 g/mol. The second-order valence-corrected chi connectivity index (χ2v) is 5.46. The van der Waals surface area contributed by atoms with Gasteiger partial charge in [0.25, 0.3) is 0 Å². The molecule has 0 aliphatic rings. The lowest BCUT2D eigenvalue weighted by atomic mass is 9.96. The molecule has 0 unspecified atom stereocenters. The fourth-order valence-electron chi connectivity index (χ4n) is 1.86. The highest BCUT2D eigenvalue weighted by Gasteiger charge is 2.15. The first kappa shape index (κ1) is 15.5. The van der Waals surface area contributed by atoms with E-state index in [-0.39, 0.29) is 5.41 Å². The summed E-state index contributed by atoms with van der Waals surface area (Å²) in [7, 11) is 0.